The molecule has 0 spiro atoms. The van der Waals surface area contributed by atoms with Gasteiger partial charge in [-0.25, -0.2) is 8.78 Å². The maximum absolute atomic E-state index is 14.2. The number of ether oxygens (including phenoxy) is 1. The van der Waals surface area contributed by atoms with Crippen molar-refractivity contribution < 1.29 is 18.3 Å². The molecule has 1 unspecified atom stereocenters. The molecule has 0 radical (unpaired) electrons. The summed E-state index contributed by atoms with van der Waals surface area (Å²) in [6.07, 6.45) is 1.60. The Balaban J connectivity index is 1.63. The molecule has 1 heterocycles. The van der Waals surface area contributed by atoms with E-state index < -0.39 is 11.7 Å². The summed E-state index contributed by atoms with van der Waals surface area (Å²) < 4.78 is 33.4. The number of anilines is 1. The Hall–Kier alpha value is -4.44. The highest BCUT2D eigenvalue weighted by Gasteiger charge is 2.41. The number of nitriles is 1. The van der Waals surface area contributed by atoms with Gasteiger partial charge in [-0.2, -0.15) is 5.26 Å². The molecule has 0 saturated carbocycles. The first-order valence-electron chi connectivity index (χ1n) is 12.5. The van der Waals surface area contributed by atoms with Crippen molar-refractivity contribution in [3.63, 3.8) is 0 Å². The highest BCUT2D eigenvalue weighted by molar-refractivity contribution is 6.01. The molecule has 3 aromatic rings. The summed E-state index contributed by atoms with van der Waals surface area (Å²) in [5, 5.41) is 10.3. The minimum atomic E-state index is -0.642. The SMILES string of the molecule is Cc1cc(COc2ccc(F)cc2)c(C)c(C2C(C#N)=C(N)N(c3cccc(F)c3)C3=C2C(=O)CCC3)c1. The average Bonchev–Trinajstić information content (AvgIpc) is 2.89. The highest BCUT2D eigenvalue weighted by Crippen LogP contribution is 2.47. The predicted molar refractivity (Wildman–Crippen MR) is 141 cm³/mol. The molecule has 7 heteroatoms. The number of aryl methyl sites for hydroxylation is 1. The van der Waals surface area contributed by atoms with Crippen LogP contribution in [0, 0.1) is 36.8 Å². The Morgan fingerprint density at radius 2 is 1.82 bits per heavy atom. The maximum Gasteiger partial charge on any atom is 0.161 e. The number of nitrogens with zero attached hydrogens (tertiary/aromatic N) is 2. The first kappa shape index (κ1) is 25.2. The third-order valence-corrected chi connectivity index (χ3v) is 7.20. The molecule has 2 N–H and O–H groups in total. The summed E-state index contributed by atoms with van der Waals surface area (Å²) in [7, 11) is 0. The van der Waals surface area contributed by atoms with Crippen LogP contribution in [0.5, 0.6) is 5.75 Å². The van der Waals surface area contributed by atoms with E-state index in [-0.39, 0.29) is 29.6 Å². The third-order valence-electron chi connectivity index (χ3n) is 7.20. The van der Waals surface area contributed by atoms with Gasteiger partial charge < -0.3 is 10.5 Å². The molecular weight excluding hydrogens is 484 g/mol. The normalized spacial score (nSPS) is 17.4. The lowest BCUT2D eigenvalue weighted by molar-refractivity contribution is -0.116. The lowest BCUT2D eigenvalue weighted by Gasteiger charge is -2.40. The molecule has 0 bridgehead atoms. The highest BCUT2D eigenvalue weighted by atomic mass is 19.1. The van der Waals surface area contributed by atoms with Crippen molar-refractivity contribution in [1.82, 2.24) is 0 Å². The topological polar surface area (TPSA) is 79.3 Å². The quantitative estimate of drug-likeness (QED) is 0.425. The number of hydrogen-bond donors (Lipinski definition) is 1. The van der Waals surface area contributed by atoms with E-state index in [0.29, 0.717) is 42.0 Å². The van der Waals surface area contributed by atoms with Crippen molar-refractivity contribution in [2.24, 2.45) is 5.73 Å². The molecule has 0 fully saturated rings. The van der Waals surface area contributed by atoms with Crippen molar-refractivity contribution in [2.45, 2.75) is 45.6 Å². The third kappa shape index (κ3) is 4.54. The maximum atomic E-state index is 14.2. The second kappa shape index (κ2) is 10.1. The van der Waals surface area contributed by atoms with Crippen LogP contribution < -0.4 is 15.4 Å². The summed E-state index contributed by atoms with van der Waals surface area (Å²) in [5.74, 6) is -0.723. The Morgan fingerprint density at radius 1 is 1.05 bits per heavy atom. The molecule has 5 rings (SSSR count). The number of nitrogens with two attached hydrogens (primary N) is 1. The average molecular weight is 512 g/mol. The molecule has 1 aliphatic heterocycles. The standard InChI is InChI=1S/C31H27F2N3O2/c1-18-13-20(17-38-24-11-9-21(32)10-12-24)19(2)25(14-18)29-26(16-34)31(35)36(23-6-3-5-22(33)15-23)27-7-4-8-28(37)30(27)29/h3,5-6,9-15,29H,4,7-8,17,35H2,1-2H3. The first-order chi connectivity index (χ1) is 18.3. The zero-order valence-electron chi connectivity index (χ0n) is 21.2. The van der Waals surface area contributed by atoms with Crippen LogP contribution in [0.2, 0.25) is 0 Å². The molecule has 0 amide bonds. The molecule has 0 saturated heterocycles. The Kier molecular flexibility index (Phi) is 6.73. The van der Waals surface area contributed by atoms with Gasteiger partial charge in [0.25, 0.3) is 0 Å². The molecule has 1 aliphatic carbocycles. The van der Waals surface area contributed by atoms with E-state index in [9.17, 15) is 18.8 Å². The summed E-state index contributed by atoms with van der Waals surface area (Å²) in [6, 6.07) is 18.1. The molecule has 1 atom stereocenters. The van der Waals surface area contributed by atoms with Crippen molar-refractivity contribution in [2.75, 3.05) is 4.90 Å². The fourth-order valence-electron chi connectivity index (χ4n) is 5.41. The minimum absolute atomic E-state index is 0.0390. The van der Waals surface area contributed by atoms with Crippen LogP contribution in [-0.4, -0.2) is 5.78 Å². The largest absolute Gasteiger partial charge is 0.489 e. The van der Waals surface area contributed by atoms with Gasteiger partial charge in [-0.3, -0.25) is 9.69 Å². The van der Waals surface area contributed by atoms with Gasteiger partial charge in [0, 0.05) is 17.7 Å². The van der Waals surface area contributed by atoms with Crippen LogP contribution >= 0.6 is 0 Å². The zero-order valence-corrected chi connectivity index (χ0v) is 21.2. The van der Waals surface area contributed by atoms with Gasteiger partial charge in [0.05, 0.1) is 23.2 Å². The second-order valence-electron chi connectivity index (χ2n) is 9.68. The summed E-state index contributed by atoms with van der Waals surface area (Å²) >= 11 is 0. The Morgan fingerprint density at radius 3 is 2.53 bits per heavy atom. The number of halogens is 2. The summed E-state index contributed by atoms with van der Waals surface area (Å²) in [6.45, 7) is 4.12. The summed E-state index contributed by atoms with van der Waals surface area (Å²) in [4.78, 5) is 15.1. The van der Waals surface area contributed by atoms with E-state index in [1.54, 1.807) is 29.2 Å². The van der Waals surface area contributed by atoms with Crippen LogP contribution in [0.4, 0.5) is 14.5 Å². The first-order valence-corrected chi connectivity index (χ1v) is 12.5. The van der Waals surface area contributed by atoms with Gasteiger partial charge in [-0.05, 0) is 85.8 Å². The minimum Gasteiger partial charge on any atom is -0.489 e. The molecule has 2 aliphatic rings. The van der Waals surface area contributed by atoms with Crippen LogP contribution in [0.25, 0.3) is 0 Å². The number of hydrogen-bond acceptors (Lipinski definition) is 5. The monoisotopic (exact) mass is 511 g/mol. The van der Waals surface area contributed by atoms with Gasteiger partial charge in [0.15, 0.2) is 5.78 Å². The molecule has 5 nitrogen and oxygen atoms in total. The van der Waals surface area contributed by atoms with E-state index in [2.05, 4.69) is 6.07 Å². The fraction of sp³-hybridized carbons (Fsp3) is 0.226. The Labute approximate surface area is 220 Å². The number of rotatable bonds is 5. The molecule has 3 aromatic carbocycles. The zero-order chi connectivity index (χ0) is 27.0. The number of carbonyl (C=O) groups excluding carboxylic acids is 1. The van der Waals surface area contributed by atoms with Crippen LogP contribution in [0.3, 0.4) is 0 Å². The van der Waals surface area contributed by atoms with Gasteiger partial charge >= 0.3 is 0 Å². The fourth-order valence-corrected chi connectivity index (χ4v) is 5.41. The van der Waals surface area contributed by atoms with Crippen molar-refractivity contribution in [3.05, 3.63) is 117 Å². The lowest BCUT2D eigenvalue weighted by Crippen LogP contribution is -2.39. The van der Waals surface area contributed by atoms with Crippen LogP contribution in [-0.2, 0) is 11.4 Å². The van der Waals surface area contributed by atoms with Gasteiger partial charge in [-0.1, -0.05) is 23.8 Å². The predicted octanol–water partition coefficient (Wildman–Crippen LogP) is 6.47. The van der Waals surface area contributed by atoms with Crippen molar-refractivity contribution in [1.29, 1.82) is 5.26 Å². The van der Waals surface area contributed by atoms with Gasteiger partial charge in [0.1, 0.15) is 29.8 Å². The van der Waals surface area contributed by atoms with E-state index in [1.807, 2.05) is 26.0 Å². The second-order valence-corrected chi connectivity index (χ2v) is 9.68. The smallest absolute Gasteiger partial charge is 0.161 e. The van der Waals surface area contributed by atoms with Gasteiger partial charge in [-0.15, -0.1) is 0 Å². The van der Waals surface area contributed by atoms with E-state index in [0.717, 1.165) is 22.3 Å². The van der Waals surface area contributed by atoms with Crippen molar-refractivity contribution in [3.8, 4) is 11.8 Å². The molecule has 38 heavy (non-hydrogen) atoms. The molecule has 0 aromatic heterocycles. The van der Waals surface area contributed by atoms with Crippen molar-refractivity contribution >= 4 is 11.5 Å². The number of Topliss-reactive ketones (excluding diaryl/α,β-unsaturated/α-hetero) is 1. The number of benzene rings is 3. The molecule has 192 valence electrons. The lowest BCUT2D eigenvalue weighted by atomic mass is 9.73. The number of ketones is 1. The Bertz CT molecular complexity index is 1530. The van der Waals surface area contributed by atoms with E-state index >= 15 is 0 Å². The van der Waals surface area contributed by atoms with E-state index in [1.165, 1.54) is 24.3 Å². The number of allylic oxidation sites excluding steroid dienone is 3. The summed E-state index contributed by atoms with van der Waals surface area (Å²) in [5.41, 5.74) is 12.1. The van der Waals surface area contributed by atoms with Gasteiger partial charge in [0.2, 0.25) is 0 Å². The van der Waals surface area contributed by atoms with Crippen LogP contribution in [0.1, 0.15) is 47.4 Å². The van der Waals surface area contributed by atoms with Crippen LogP contribution in [0.15, 0.2) is 83.3 Å². The molecular formula is C31H27F2N3O2. The number of carbonyl (C=O) groups is 1. The van der Waals surface area contributed by atoms with E-state index in [4.69, 9.17) is 10.5 Å².